The van der Waals surface area contributed by atoms with Crippen molar-refractivity contribution in [3.63, 3.8) is 0 Å². The van der Waals surface area contributed by atoms with Gasteiger partial charge in [-0.1, -0.05) is 29.3 Å². The highest BCUT2D eigenvalue weighted by molar-refractivity contribution is 6.36. The number of nitrogens with zero attached hydrogens (tertiary/aromatic N) is 4. The third-order valence-electron chi connectivity index (χ3n) is 5.39. The van der Waals surface area contributed by atoms with E-state index >= 15 is 0 Å². The number of unbranched alkanes of at least 4 members (excludes halogenated alkanes) is 1. The summed E-state index contributed by atoms with van der Waals surface area (Å²) in [5.74, 6) is 0. The van der Waals surface area contributed by atoms with Gasteiger partial charge in [-0.15, -0.1) is 0 Å². The first kappa shape index (κ1) is 19.6. The minimum Gasteiger partial charge on any atom is -0.330 e. The van der Waals surface area contributed by atoms with Gasteiger partial charge >= 0.3 is 0 Å². The van der Waals surface area contributed by atoms with Gasteiger partial charge in [-0.05, 0) is 62.9 Å². The third kappa shape index (κ3) is 4.18. The summed E-state index contributed by atoms with van der Waals surface area (Å²) in [5, 5.41) is 1.17. The summed E-state index contributed by atoms with van der Waals surface area (Å²) in [6.07, 6.45) is 11.3. The van der Waals surface area contributed by atoms with Crippen LogP contribution in [0.15, 0.2) is 36.8 Å². The van der Waals surface area contributed by atoms with Crippen LogP contribution in [0, 0.1) is 0 Å². The maximum Gasteiger partial charge on any atom is 0.156 e. The van der Waals surface area contributed by atoms with Crippen LogP contribution in [0.5, 0.6) is 0 Å². The van der Waals surface area contributed by atoms with E-state index in [9.17, 15) is 0 Å². The van der Waals surface area contributed by atoms with Gasteiger partial charge in [0.25, 0.3) is 0 Å². The van der Waals surface area contributed by atoms with Gasteiger partial charge in [-0.3, -0.25) is 9.88 Å². The lowest BCUT2D eigenvalue weighted by atomic mass is 9.90. The summed E-state index contributed by atoms with van der Waals surface area (Å²) in [5.41, 5.74) is 10.0. The quantitative estimate of drug-likeness (QED) is 0.568. The number of halogens is 2. The number of nitrogens with two attached hydrogens (primary N) is 1. The molecule has 3 aromatic heterocycles. The summed E-state index contributed by atoms with van der Waals surface area (Å²) in [6, 6.07) is 6.29. The fourth-order valence-electron chi connectivity index (χ4n) is 4.10. The topological polar surface area (TPSA) is 59.5 Å². The van der Waals surface area contributed by atoms with Crippen LogP contribution < -0.4 is 5.73 Å². The predicted octanol–water partition coefficient (Wildman–Crippen LogP) is 4.65. The number of aromatic nitrogens is 3. The Balaban J connectivity index is 1.63. The predicted molar refractivity (Wildman–Crippen MR) is 114 cm³/mol. The Hall–Kier alpha value is -1.66. The largest absolute Gasteiger partial charge is 0.330 e. The van der Waals surface area contributed by atoms with E-state index in [4.69, 9.17) is 38.9 Å². The smallest absolute Gasteiger partial charge is 0.156 e. The Kier molecular flexibility index (Phi) is 6.16. The van der Waals surface area contributed by atoms with Crippen LogP contribution in [0.3, 0.4) is 0 Å². The molecule has 148 valence electrons. The minimum absolute atomic E-state index is 0.312. The Bertz CT molecular complexity index is 955. The molecule has 1 aliphatic rings. The van der Waals surface area contributed by atoms with Crippen molar-refractivity contribution in [2.75, 3.05) is 13.1 Å². The summed E-state index contributed by atoms with van der Waals surface area (Å²) in [6.45, 7) is 2.44. The number of aryl methyl sites for hydroxylation is 1. The zero-order chi connectivity index (χ0) is 19.5. The van der Waals surface area contributed by atoms with Gasteiger partial charge in [0, 0.05) is 25.1 Å². The maximum atomic E-state index is 6.32. The van der Waals surface area contributed by atoms with Crippen molar-refractivity contribution in [2.45, 2.75) is 44.7 Å². The van der Waals surface area contributed by atoms with E-state index in [1.54, 1.807) is 6.07 Å². The molecular weight excluding hydrogens is 393 g/mol. The molecule has 0 saturated heterocycles. The SMILES string of the molecule is NCCCCN(Cc1cn2cc(Cl)cc(Cl)c2n1)C1CCCc2cccnc21. The second kappa shape index (κ2) is 8.78. The number of fused-ring (bicyclic) bond motifs is 2. The molecular formula is C21H25Cl2N5. The molecule has 0 saturated carbocycles. The van der Waals surface area contributed by atoms with E-state index in [0.29, 0.717) is 16.1 Å². The molecule has 28 heavy (non-hydrogen) atoms. The molecule has 0 aliphatic heterocycles. The summed E-state index contributed by atoms with van der Waals surface area (Å²) < 4.78 is 1.91. The van der Waals surface area contributed by atoms with E-state index in [2.05, 4.69) is 11.0 Å². The van der Waals surface area contributed by atoms with Gasteiger partial charge in [0.05, 0.1) is 27.5 Å². The molecule has 4 rings (SSSR count). The number of imidazole rings is 1. The highest BCUT2D eigenvalue weighted by atomic mass is 35.5. The first-order valence-corrected chi connectivity index (χ1v) is 10.6. The molecule has 0 aromatic carbocycles. The first-order chi connectivity index (χ1) is 13.7. The van der Waals surface area contributed by atoms with Crippen molar-refractivity contribution in [3.8, 4) is 0 Å². The first-order valence-electron chi connectivity index (χ1n) is 9.86. The van der Waals surface area contributed by atoms with Crippen LogP contribution in [0.25, 0.3) is 5.65 Å². The third-order valence-corrected chi connectivity index (χ3v) is 5.88. The van der Waals surface area contributed by atoms with Crippen LogP contribution >= 0.6 is 23.2 Å². The monoisotopic (exact) mass is 417 g/mol. The van der Waals surface area contributed by atoms with Crippen molar-refractivity contribution >= 4 is 28.8 Å². The number of hydrogen-bond donors (Lipinski definition) is 1. The molecule has 0 amide bonds. The van der Waals surface area contributed by atoms with Gasteiger partial charge < -0.3 is 10.1 Å². The molecule has 0 fully saturated rings. The van der Waals surface area contributed by atoms with E-state index in [1.165, 1.54) is 17.7 Å². The molecule has 0 bridgehead atoms. The standard InChI is InChI=1S/C21H25Cl2N5/c22-16-11-18(23)21-26-17(14-28(21)12-16)13-27(10-2-1-8-24)19-7-3-5-15-6-4-9-25-20(15)19/h4,6,9,11-12,14,19H,1-3,5,7-8,10,13,24H2. The van der Waals surface area contributed by atoms with E-state index < -0.39 is 0 Å². The molecule has 5 nitrogen and oxygen atoms in total. The van der Waals surface area contributed by atoms with Crippen LogP contribution in [0.4, 0.5) is 0 Å². The van der Waals surface area contributed by atoms with Crippen LogP contribution in [0.2, 0.25) is 10.0 Å². The lowest BCUT2D eigenvalue weighted by Crippen LogP contribution is -2.33. The molecule has 7 heteroatoms. The van der Waals surface area contributed by atoms with Crippen LogP contribution in [-0.2, 0) is 13.0 Å². The molecule has 0 spiro atoms. The molecule has 1 atom stereocenters. The lowest BCUT2D eigenvalue weighted by molar-refractivity contribution is 0.161. The Labute approximate surface area is 175 Å². The van der Waals surface area contributed by atoms with Gasteiger partial charge in [0.1, 0.15) is 0 Å². The highest BCUT2D eigenvalue weighted by Gasteiger charge is 2.27. The minimum atomic E-state index is 0.312. The molecule has 1 unspecified atom stereocenters. The maximum absolute atomic E-state index is 6.32. The Morgan fingerprint density at radius 3 is 3.00 bits per heavy atom. The molecule has 1 aliphatic carbocycles. The number of rotatable bonds is 7. The van der Waals surface area contributed by atoms with Crippen molar-refractivity contribution in [1.29, 1.82) is 0 Å². The summed E-state index contributed by atoms with van der Waals surface area (Å²) >= 11 is 12.5. The molecule has 3 aromatic rings. The van der Waals surface area contributed by atoms with Crippen molar-refractivity contribution in [2.24, 2.45) is 5.73 Å². The Morgan fingerprint density at radius 2 is 2.14 bits per heavy atom. The molecule has 3 heterocycles. The van der Waals surface area contributed by atoms with E-state index in [0.717, 1.165) is 56.7 Å². The van der Waals surface area contributed by atoms with E-state index in [-0.39, 0.29) is 0 Å². The fraction of sp³-hybridized carbons (Fsp3) is 0.429. The Morgan fingerprint density at radius 1 is 1.25 bits per heavy atom. The second-order valence-electron chi connectivity index (χ2n) is 7.39. The number of pyridine rings is 2. The fourth-order valence-corrected chi connectivity index (χ4v) is 4.63. The van der Waals surface area contributed by atoms with E-state index in [1.807, 2.05) is 29.1 Å². The van der Waals surface area contributed by atoms with Gasteiger partial charge in [-0.25, -0.2) is 4.98 Å². The zero-order valence-electron chi connectivity index (χ0n) is 15.8. The van der Waals surface area contributed by atoms with Gasteiger partial charge in [-0.2, -0.15) is 0 Å². The van der Waals surface area contributed by atoms with Gasteiger partial charge in [0.2, 0.25) is 0 Å². The summed E-state index contributed by atoms with van der Waals surface area (Å²) in [7, 11) is 0. The lowest BCUT2D eigenvalue weighted by Gasteiger charge is -2.34. The normalized spacial score (nSPS) is 16.6. The zero-order valence-corrected chi connectivity index (χ0v) is 17.3. The van der Waals surface area contributed by atoms with Crippen LogP contribution in [-0.4, -0.2) is 32.4 Å². The van der Waals surface area contributed by atoms with Crippen molar-refractivity contribution < 1.29 is 0 Å². The molecule has 2 N–H and O–H groups in total. The average Bonchev–Trinajstić information content (AvgIpc) is 3.10. The summed E-state index contributed by atoms with van der Waals surface area (Å²) in [4.78, 5) is 12.0. The van der Waals surface area contributed by atoms with Gasteiger partial charge in [0.15, 0.2) is 5.65 Å². The van der Waals surface area contributed by atoms with Crippen molar-refractivity contribution in [1.82, 2.24) is 19.3 Å². The average molecular weight is 418 g/mol. The number of hydrogen-bond acceptors (Lipinski definition) is 4. The highest BCUT2D eigenvalue weighted by Crippen LogP contribution is 2.34. The van der Waals surface area contributed by atoms with Crippen LogP contribution in [0.1, 0.15) is 48.7 Å². The van der Waals surface area contributed by atoms with Crippen molar-refractivity contribution in [3.05, 3.63) is 63.8 Å². The second-order valence-corrected chi connectivity index (χ2v) is 8.24. The molecule has 0 radical (unpaired) electrons.